The molecule has 0 amide bonds. The smallest absolute Gasteiger partial charge is 0.167 e. The predicted molar refractivity (Wildman–Crippen MR) is 73.4 cm³/mol. The molecule has 112 valence electrons. The van der Waals surface area contributed by atoms with Crippen LogP contribution in [0.25, 0.3) is 11.2 Å². The normalized spacial score (nSPS) is 34.9. The molecule has 21 heavy (non-hydrogen) atoms. The molecule has 1 unspecified atom stereocenters. The summed E-state index contributed by atoms with van der Waals surface area (Å²) in [4.78, 5) is 12.5. The highest BCUT2D eigenvalue weighted by Gasteiger charge is 2.61. The predicted octanol–water partition coefficient (Wildman–Crippen LogP) is 0.500. The van der Waals surface area contributed by atoms with E-state index in [9.17, 15) is 0 Å². The van der Waals surface area contributed by atoms with Gasteiger partial charge in [0, 0.05) is 7.11 Å². The van der Waals surface area contributed by atoms with Crippen molar-refractivity contribution in [3.8, 4) is 0 Å². The van der Waals surface area contributed by atoms with Crippen molar-refractivity contribution in [1.82, 2.24) is 19.5 Å². The maximum atomic E-state index is 6.26. The van der Waals surface area contributed by atoms with Crippen LogP contribution in [0, 0.1) is 0 Å². The Labute approximate surface area is 121 Å². The van der Waals surface area contributed by atoms with Crippen LogP contribution in [0.15, 0.2) is 12.7 Å². The third-order valence-corrected chi connectivity index (χ3v) is 4.49. The number of methoxy groups -OCH3 is 1. The van der Waals surface area contributed by atoms with E-state index in [2.05, 4.69) is 21.9 Å². The standard InChI is InChI=1S/C13H17N5O3/c1-3-13-4-20-8(9(13)19-2)12(21-13)18-6-17-7-10(14)15-5-16-11(7)18/h5-6,8-9,12H,3-4H2,1-2H3,(H2,14,15,16)/t8-,9?,12+,13+/m0/s1. The van der Waals surface area contributed by atoms with Crippen molar-refractivity contribution in [1.29, 1.82) is 0 Å². The van der Waals surface area contributed by atoms with Crippen LogP contribution in [-0.4, -0.2) is 51.0 Å². The van der Waals surface area contributed by atoms with Crippen molar-refractivity contribution in [3.05, 3.63) is 12.7 Å². The van der Waals surface area contributed by atoms with Gasteiger partial charge in [0.15, 0.2) is 17.7 Å². The molecule has 0 radical (unpaired) electrons. The summed E-state index contributed by atoms with van der Waals surface area (Å²) in [5, 5.41) is 0. The lowest BCUT2D eigenvalue weighted by Crippen LogP contribution is -2.40. The van der Waals surface area contributed by atoms with Crippen molar-refractivity contribution in [3.63, 3.8) is 0 Å². The van der Waals surface area contributed by atoms with E-state index in [1.807, 2.05) is 4.57 Å². The number of hydrogen-bond acceptors (Lipinski definition) is 7. The van der Waals surface area contributed by atoms with Crippen molar-refractivity contribution >= 4 is 17.0 Å². The van der Waals surface area contributed by atoms with Crippen molar-refractivity contribution in [2.45, 2.75) is 37.4 Å². The Hall–Kier alpha value is -1.77. The summed E-state index contributed by atoms with van der Waals surface area (Å²) in [5.41, 5.74) is 6.64. The van der Waals surface area contributed by atoms with Gasteiger partial charge in [-0.05, 0) is 6.42 Å². The Kier molecular flexibility index (Phi) is 2.69. The van der Waals surface area contributed by atoms with Crippen molar-refractivity contribution in [2.24, 2.45) is 0 Å². The molecular weight excluding hydrogens is 274 g/mol. The highest BCUT2D eigenvalue weighted by Crippen LogP contribution is 2.48. The average molecular weight is 291 g/mol. The minimum Gasteiger partial charge on any atom is -0.382 e. The lowest BCUT2D eigenvalue weighted by atomic mass is 9.96. The number of rotatable bonds is 3. The number of imidazole rings is 1. The van der Waals surface area contributed by atoms with Crippen LogP contribution in [0.3, 0.4) is 0 Å². The first-order valence-corrected chi connectivity index (χ1v) is 6.95. The number of fused-ring (bicyclic) bond motifs is 3. The number of aromatic nitrogens is 4. The van der Waals surface area contributed by atoms with E-state index in [0.717, 1.165) is 6.42 Å². The summed E-state index contributed by atoms with van der Waals surface area (Å²) in [7, 11) is 1.69. The zero-order valence-corrected chi connectivity index (χ0v) is 11.9. The molecule has 2 fully saturated rings. The lowest BCUT2D eigenvalue weighted by molar-refractivity contribution is -0.173. The number of anilines is 1. The third-order valence-electron chi connectivity index (χ3n) is 4.49. The third kappa shape index (κ3) is 1.57. The zero-order chi connectivity index (χ0) is 14.6. The molecule has 2 bridgehead atoms. The average Bonchev–Trinajstić information content (AvgIpc) is 3.16. The fourth-order valence-corrected chi connectivity index (χ4v) is 3.35. The van der Waals surface area contributed by atoms with Crippen LogP contribution in [0.4, 0.5) is 5.82 Å². The Morgan fingerprint density at radius 2 is 2.33 bits per heavy atom. The summed E-state index contributed by atoms with van der Waals surface area (Å²) >= 11 is 0. The number of nitrogens with two attached hydrogens (primary N) is 1. The number of nitrogen functional groups attached to an aromatic ring is 1. The number of hydrogen-bond donors (Lipinski definition) is 1. The molecule has 8 nitrogen and oxygen atoms in total. The fourth-order valence-electron chi connectivity index (χ4n) is 3.35. The van der Waals surface area contributed by atoms with Gasteiger partial charge in [0.2, 0.25) is 0 Å². The molecule has 4 atom stereocenters. The van der Waals surface area contributed by atoms with Gasteiger partial charge in [-0.25, -0.2) is 15.0 Å². The van der Waals surface area contributed by atoms with E-state index in [4.69, 9.17) is 19.9 Å². The highest BCUT2D eigenvalue weighted by molar-refractivity contribution is 5.81. The second-order valence-electron chi connectivity index (χ2n) is 5.44. The van der Waals surface area contributed by atoms with Gasteiger partial charge in [-0.3, -0.25) is 4.57 Å². The van der Waals surface area contributed by atoms with Gasteiger partial charge in [0.1, 0.15) is 29.7 Å². The molecule has 0 spiro atoms. The van der Waals surface area contributed by atoms with Crippen LogP contribution in [-0.2, 0) is 14.2 Å². The van der Waals surface area contributed by atoms with E-state index in [1.165, 1.54) is 6.33 Å². The first kappa shape index (κ1) is 12.9. The van der Waals surface area contributed by atoms with Gasteiger partial charge in [0.05, 0.1) is 12.9 Å². The fraction of sp³-hybridized carbons (Fsp3) is 0.615. The summed E-state index contributed by atoms with van der Waals surface area (Å²) in [6.45, 7) is 2.62. The molecule has 4 heterocycles. The monoisotopic (exact) mass is 291 g/mol. The van der Waals surface area contributed by atoms with E-state index in [-0.39, 0.29) is 18.4 Å². The molecule has 2 aromatic rings. The first-order chi connectivity index (χ1) is 10.2. The maximum absolute atomic E-state index is 6.26. The summed E-state index contributed by atoms with van der Waals surface area (Å²) in [5.74, 6) is 0.358. The molecular formula is C13H17N5O3. The van der Waals surface area contributed by atoms with E-state index in [0.29, 0.717) is 23.6 Å². The van der Waals surface area contributed by atoms with Crippen LogP contribution in [0.5, 0.6) is 0 Å². The summed E-state index contributed by atoms with van der Waals surface area (Å²) in [6.07, 6.45) is 3.33. The zero-order valence-electron chi connectivity index (χ0n) is 11.9. The van der Waals surface area contributed by atoms with Gasteiger partial charge < -0.3 is 19.9 Å². The van der Waals surface area contributed by atoms with Crippen molar-refractivity contribution in [2.75, 3.05) is 19.5 Å². The lowest BCUT2D eigenvalue weighted by Gasteiger charge is -2.30. The minimum absolute atomic E-state index is 0.0934. The molecule has 2 aromatic heterocycles. The minimum atomic E-state index is -0.404. The maximum Gasteiger partial charge on any atom is 0.167 e. The summed E-state index contributed by atoms with van der Waals surface area (Å²) in [6, 6.07) is 0. The van der Waals surface area contributed by atoms with E-state index >= 15 is 0 Å². The van der Waals surface area contributed by atoms with Gasteiger partial charge in [-0.15, -0.1) is 0 Å². The molecule has 2 aliphatic heterocycles. The molecule has 8 heteroatoms. The number of ether oxygens (including phenoxy) is 3. The Morgan fingerprint density at radius 3 is 3.05 bits per heavy atom. The molecule has 4 rings (SSSR count). The molecule has 2 saturated heterocycles. The SMILES string of the molecule is CC[C@@]12CO[C@@H](C1OC)[C@H](n1cnc3c(N)ncnc31)O2. The highest BCUT2D eigenvalue weighted by atomic mass is 16.7. The van der Waals surface area contributed by atoms with Crippen LogP contribution >= 0.6 is 0 Å². The number of nitrogens with zero attached hydrogens (tertiary/aromatic N) is 4. The van der Waals surface area contributed by atoms with E-state index in [1.54, 1.807) is 13.4 Å². The largest absolute Gasteiger partial charge is 0.382 e. The van der Waals surface area contributed by atoms with Gasteiger partial charge >= 0.3 is 0 Å². The topological polar surface area (TPSA) is 97.3 Å². The van der Waals surface area contributed by atoms with Crippen molar-refractivity contribution < 1.29 is 14.2 Å². The van der Waals surface area contributed by atoms with Crippen LogP contribution in [0.1, 0.15) is 19.6 Å². The molecule has 2 aliphatic rings. The first-order valence-electron chi connectivity index (χ1n) is 6.95. The molecule has 0 aliphatic carbocycles. The van der Waals surface area contributed by atoms with Gasteiger partial charge in [-0.1, -0.05) is 6.92 Å². The second-order valence-corrected chi connectivity index (χ2v) is 5.44. The Morgan fingerprint density at radius 1 is 1.48 bits per heavy atom. The van der Waals surface area contributed by atoms with Crippen LogP contribution < -0.4 is 5.73 Å². The van der Waals surface area contributed by atoms with E-state index < -0.39 is 5.60 Å². The van der Waals surface area contributed by atoms with Gasteiger partial charge in [-0.2, -0.15) is 0 Å². The van der Waals surface area contributed by atoms with Crippen LogP contribution in [0.2, 0.25) is 0 Å². The molecule has 0 saturated carbocycles. The Bertz CT molecular complexity index is 689. The quantitative estimate of drug-likeness (QED) is 0.879. The van der Waals surface area contributed by atoms with Gasteiger partial charge in [0.25, 0.3) is 0 Å². The molecule has 2 N–H and O–H groups in total. The second kappa shape index (κ2) is 4.36. The summed E-state index contributed by atoms with van der Waals surface area (Å²) < 4.78 is 19.6. The Balaban J connectivity index is 1.79. The molecule has 0 aromatic carbocycles.